The van der Waals surface area contributed by atoms with E-state index in [2.05, 4.69) is 41.4 Å². The number of benzene rings is 1. The Labute approximate surface area is 97.6 Å². The molecular weight excluding hydrogens is 196 g/mol. The summed E-state index contributed by atoms with van der Waals surface area (Å²) in [5.41, 5.74) is 2.81. The van der Waals surface area contributed by atoms with Crippen molar-refractivity contribution in [2.45, 2.75) is 13.5 Å². The largest absolute Gasteiger partial charge is 0.316 e. The second-order valence-electron chi connectivity index (χ2n) is 5.36. The first-order valence-electron chi connectivity index (χ1n) is 6.30. The lowest BCUT2D eigenvalue weighted by atomic mass is 10.0. The molecule has 16 heavy (non-hydrogen) atoms. The lowest BCUT2D eigenvalue weighted by Crippen LogP contribution is -2.25. The lowest BCUT2D eigenvalue weighted by Gasteiger charge is -2.16. The van der Waals surface area contributed by atoms with E-state index in [9.17, 15) is 0 Å². The van der Waals surface area contributed by atoms with Crippen molar-refractivity contribution in [2.75, 3.05) is 26.2 Å². The summed E-state index contributed by atoms with van der Waals surface area (Å²) in [5.74, 6) is 1.82. The van der Waals surface area contributed by atoms with Crippen LogP contribution in [0.25, 0.3) is 0 Å². The highest BCUT2D eigenvalue weighted by molar-refractivity contribution is 5.21. The van der Waals surface area contributed by atoms with Gasteiger partial charge in [-0.1, -0.05) is 29.8 Å². The molecule has 2 fully saturated rings. The van der Waals surface area contributed by atoms with Crippen molar-refractivity contribution < 1.29 is 0 Å². The summed E-state index contributed by atoms with van der Waals surface area (Å²) in [4.78, 5) is 2.61. The van der Waals surface area contributed by atoms with Crippen molar-refractivity contribution in [3.63, 3.8) is 0 Å². The number of rotatable bonds is 2. The smallest absolute Gasteiger partial charge is 0.0233 e. The van der Waals surface area contributed by atoms with E-state index in [-0.39, 0.29) is 0 Å². The van der Waals surface area contributed by atoms with Crippen molar-refractivity contribution in [3.05, 3.63) is 35.4 Å². The Hall–Kier alpha value is -0.860. The molecule has 0 aromatic heterocycles. The van der Waals surface area contributed by atoms with Gasteiger partial charge in [-0.25, -0.2) is 0 Å². The number of fused-ring (bicyclic) bond motifs is 1. The first kappa shape index (κ1) is 10.3. The Kier molecular flexibility index (Phi) is 2.70. The number of hydrogen-bond acceptors (Lipinski definition) is 2. The average molecular weight is 216 g/mol. The van der Waals surface area contributed by atoms with E-state index in [0.717, 1.165) is 18.4 Å². The molecule has 0 radical (unpaired) electrons. The molecule has 2 nitrogen and oxygen atoms in total. The van der Waals surface area contributed by atoms with Crippen LogP contribution < -0.4 is 5.32 Å². The average Bonchev–Trinajstić information content (AvgIpc) is 2.81. The first-order valence-corrected chi connectivity index (χ1v) is 6.30. The molecule has 2 heteroatoms. The molecule has 0 spiro atoms. The zero-order valence-corrected chi connectivity index (χ0v) is 9.95. The minimum atomic E-state index is 0.908. The summed E-state index contributed by atoms with van der Waals surface area (Å²) in [7, 11) is 0. The third-order valence-electron chi connectivity index (χ3n) is 3.99. The number of likely N-dealkylation sites (tertiary alicyclic amines) is 1. The van der Waals surface area contributed by atoms with Gasteiger partial charge in [0.2, 0.25) is 0 Å². The van der Waals surface area contributed by atoms with Gasteiger partial charge in [-0.15, -0.1) is 0 Å². The Bertz CT molecular complexity index is 346. The second-order valence-corrected chi connectivity index (χ2v) is 5.36. The number of aryl methyl sites for hydroxylation is 1. The van der Waals surface area contributed by atoms with E-state index in [4.69, 9.17) is 0 Å². The van der Waals surface area contributed by atoms with Crippen molar-refractivity contribution in [3.8, 4) is 0 Å². The molecule has 2 atom stereocenters. The van der Waals surface area contributed by atoms with Crippen molar-refractivity contribution in [1.29, 1.82) is 0 Å². The highest BCUT2D eigenvalue weighted by atomic mass is 15.2. The molecule has 1 aromatic rings. The van der Waals surface area contributed by atoms with Crippen LogP contribution in [0.4, 0.5) is 0 Å². The molecule has 2 heterocycles. The molecule has 0 bridgehead atoms. The van der Waals surface area contributed by atoms with Gasteiger partial charge >= 0.3 is 0 Å². The summed E-state index contributed by atoms with van der Waals surface area (Å²) >= 11 is 0. The molecule has 2 aliphatic heterocycles. The highest BCUT2D eigenvalue weighted by Crippen LogP contribution is 2.27. The maximum absolute atomic E-state index is 3.49. The van der Waals surface area contributed by atoms with Crippen LogP contribution in [-0.4, -0.2) is 31.1 Å². The zero-order valence-electron chi connectivity index (χ0n) is 9.95. The highest BCUT2D eigenvalue weighted by Gasteiger charge is 2.35. The van der Waals surface area contributed by atoms with Crippen LogP contribution in [0.3, 0.4) is 0 Å². The van der Waals surface area contributed by atoms with Crippen LogP contribution in [0.1, 0.15) is 11.1 Å². The Morgan fingerprint density at radius 1 is 1.12 bits per heavy atom. The van der Waals surface area contributed by atoms with Gasteiger partial charge in [0.25, 0.3) is 0 Å². The van der Waals surface area contributed by atoms with Crippen molar-refractivity contribution in [2.24, 2.45) is 11.8 Å². The van der Waals surface area contributed by atoms with Gasteiger partial charge < -0.3 is 5.32 Å². The van der Waals surface area contributed by atoms with Gasteiger partial charge in [0.05, 0.1) is 0 Å². The van der Waals surface area contributed by atoms with E-state index in [1.165, 1.54) is 37.3 Å². The molecule has 1 aromatic carbocycles. The summed E-state index contributed by atoms with van der Waals surface area (Å²) in [6.45, 7) is 8.31. The van der Waals surface area contributed by atoms with Crippen molar-refractivity contribution >= 4 is 0 Å². The molecule has 1 N–H and O–H groups in total. The van der Waals surface area contributed by atoms with Crippen LogP contribution in [-0.2, 0) is 6.54 Å². The Morgan fingerprint density at radius 3 is 2.38 bits per heavy atom. The Balaban J connectivity index is 1.62. The SMILES string of the molecule is Cc1ccc(CN2C[C@H]3CNC[C@H]3C2)cc1. The minimum Gasteiger partial charge on any atom is -0.316 e. The van der Waals surface area contributed by atoms with Gasteiger partial charge in [-0.2, -0.15) is 0 Å². The molecule has 2 saturated heterocycles. The summed E-state index contributed by atoms with van der Waals surface area (Å²) < 4.78 is 0. The van der Waals surface area contributed by atoms with Crippen LogP contribution >= 0.6 is 0 Å². The fourth-order valence-corrected chi connectivity index (χ4v) is 3.03. The van der Waals surface area contributed by atoms with E-state index in [1.54, 1.807) is 0 Å². The molecule has 0 unspecified atom stereocenters. The van der Waals surface area contributed by atoms with Crippen LogP contribution in [0.15, 0.2) is 24.3 Å². The lowest BCUT2D eigenvalue weighted by molar-refractivity contribution is 0.305. The standard InChI is InChI=1S/C14H20N2/c1-11-2-4-12(5-3-11)8-16-9-13-6-15-7-14(13)10-16/h2-5,13-15H,6-10H2,1H3/t13-,14+. The molecule has 0 saturated carbocycles. The van der Waals surface area contributed by atoms with E-state index in [0.29, 0.717) is 0 Å². The van der Waals surface area contributed by atoms with E-state index < -0.39 is 0 Å². The predicted octanol–water partition coefficient (Wildman–Crippen LogP) is 1.65. The molecule has 86 valence electrons. The van der Waals surface area contributed by atoms with Gasteiger partial charge in [0.1, 0.15) is 0 Å². The molecular formula is C14H20N2. The number of nitrogens with zero attached hydrogens (tertiary/aromatic N) is 1. The fraction of sp³-hybridized carbons (Fsp3) is 0.571. The fourth-order valence-electron chi connectivity index (χ4n) is 3.03. The van der Waals surface area contributed by atoms with E-state index >= 15 is 0 Å². The summed E-state index contributed by atoms with van der Waals surface area (Å²) in [5, 5.41) is 3.49. The second kappa shape index (κ2) is 4.19. The number of nitrogens with one attached hydrogen (secondary N) is 1. The first-order chi connectivity index (χ1) is 7.81. The topological polar surface area (TPSA) is 15.3 Å². The third-order valence-corrected chi connectivity index (χ3v) is 3.99. The zero-order chi connectivity index (χ0) is 11.0. The molecule has 3 rings (SSSR count). The number of hydrogen-bond donors (Lipinski definition) is 1. The molecule has 0 aliphatic carbocycles. The predicted molar refractivity (Wildman–Crippen MR) is 66.3 cm³/mol. The van der Waals surface area contributed by atoms with Gasteiger partial charge in [0, 0.05) is 19.6 Å². The quantitative estimate of drug-likeness (QED) is 0.808. The summed E-state index contributed by atoms with van der Waals surface area (Å²) in [6.07, 6.45) is 0. The molecule has 2 aliphatic rings. The van der Waals surface area contributed by atoms with Crippen LogP contribution in [0.5, 0.6) is 0 Å². The summed E-state index contributed by atoms with van der Waals surface area (Å²) in [6, 6.07) is 8.96. The van der Waals surface area contributed by atoms with Crippen molar-refractivity contribution in [1.82, 2.24) is 10.2 Å². The monoisotopic (exact) mass is 216 g/mol. The van der Waals surface area contributed by atoms with Gasteiger partial charge in [0.15, 0.2) is 0 Å². The maximum Gasteiger partial charge on any atom is 0.0233 e. The van der Waals surface area contributed by atoms with E-state index in [1.807, 2.05) is 0 Å². The van der Waals surface area contributed by atoms with Crippen LogP contribution in [0, 0.1) is 18.8 Å². The van der Waals surface area contributed by atoms with Gasteiger partial charge in [-0.3, -0.25) is 4.90 Å². The molecule has 0 amide bonds. The normalized spacial score (nSPS) is 29.6. The van der Waals surface area contributed by atoms with Crippen LogP contribution in [0.2, 0.25) is 0 Å². The minimum absolute atomic E-state index is 0.908. The third kappa shape index (κ3) is 2.00. The Morgan fingerprint density at radius 2 is 1.75 bits per heavy atom. The maximum atomic E-state index is 3.49. The van der Waals surface area contributed by atoms with Gasteiger partial charge in [-0.05, 0) is 37.4 Å².